The first-order valence-corrected chi connectivity index (χ1v) is 12.6. The fraction of sp³-hybridized carbons (Fsp3) is 0.296. The number of fused-ring (bicyclic) bond motifs is 2. The molecule has 194 valence electrons. The predicted octanol–water partition coefficient (Wildman–Crippen LogP) is 3.27. The lowest BCUT2D eigenvalue weighted by Crippen LogP contribution is -2.35. The zero-order chi connectivity index (χ0) is 26.2. The van der Waals surface area contributed by atoms with Gasteiger partial charge in [-0.15, -0.1) is 6.58 Å². The van der Waals surface area contributed by atoms with Crippen molar-refractivity contribution in [3.05, 3.63) is 71.8 Å². The van der Waals surface area contributed by atoms with Gasteiger partial charge in [-0.05, 0) is 44.2 Å². The molecule has 4 aromatic heterocycles. The van der Waals surface area contributed by atoms with E-state index in [4.69, 9.17) is 14.7 Å². The molecular weight excluding hydrogens is 482 g/mol. The Morgan fingerprint density at radius 3 is 2.82 bits per heavy atom. The Bertz CT molecular complexity index is 1690. The molecule has 11 nitrogen and oxygen atoms in total. The van der Waals surface area contributed by atoms with Gasteiger partial charge < -0.3 is 15.0 Å². The van der Waals surface area contributed by atoms with Crippen molar-refractivity contribution in [3.63, 3.8) is 0 Å². The molecule has 5 aromatic rings. The molecule has 5 heterocycles. The zero-order valence-corrected chi connectivity index (χ0v) is 21.4. The summed E-state index contributed by atoms with van der Waals surface area (Å²) < 4.78 is 11.2. The van der Waals surface area contributed by atoms with Crippen LogP contribution in [0.25, 0.3) is 27.8 Å². The molecule has 1 aromatic carbocycles. The van der Waals surface area contributed by atoms with Crippen molar-refractivity contribution < 1.29 is 4.74 Å². The standard InChI is InChI=1S/C27H29N9O2/c1-4-12-35-26(37)21-16-28-27(29-19-9-8-18-17-34(3)32-22(18)15-19)31-25(21)36(35)23-6-5-7-24(30-23)38-20-10-13-33(2)14-11-20/h4-9,15-17,20H,1,10-14H2,2-3H3,(H,28,29,31). The Morgan fingerprint density at radius 2 is 2.00 bits per heavy atom. The van der Waals surface area contributed by atoms with Gasteiger partial charge in [-0.3, -0.25) is 9.48 Å². The van der Waals surface area contributed by atoms with Gasteiger partial charge in [0, 0.05) is 49.7 Å². The molecule has 1 aliphatic rings. The largest absolute Gasteiger partial charge is 0.474 e. The van der Waals surface area contributed by atoms with Gasteiger partial charge in [0.1, 0.15) is 11.5 Å². The molecule has 0 amide bonds. The quantitative estimate of drug-likeness (QED) is 0.332. The maximum Gasteiger partial charge on any atom is 0.278 e. The molecule has 11 heteroatoms. The average molecular weight is 512 g/mol. The van der Waals surface area contributed by atoms with Crippen LogP contribution in [0.5, 0.6) is 5.88 Å². The van der Waals surface area contributed by atoms with E-state index < -0.39 is 0 Å². The molecule has 0 unspecified atom stereocenters. The number of piperidine rings is 1. The highest BCUT2D eigenvalue weighted by molar-refractivity contribution is 5.83. The van der Waals surface area contributed by atoms with Crippen LogP contribution >= 0.6 is 0 Å². The van der Waals surface area contributed by atoms with Crippen molar-refractivity contribution in [2.45, 2.75) is 25.5 Å². The minimum atomic E-state index is -0.218. The lowest BCUT2D eigenvalue weighted by Gasteiger charge is -2.29. The molecule has 0 bridgehead atoms. The third kappa shape index (κ3) is 4.52. The summed E-state index contributed by atoms with van der Waals surface area (Å²) in [7, 11) is 4.01. The number of benzene rings is 1. The summed E-state index contributed by atoms with van der Waals surface area (Å²) in [5.74, 6) is 1.41. The maximum absolute atomic E-state index is 13.3. The van der Waals surface area contributed by atoms with Gasteiger partial charge in [0.25, 0.3) is 5.56 Å². The molecule has 0 aliphatic carbocycles. The van der Waals surface area contributed by atoms with Crippen molar-refractivity contribution in [3.8, 4) is 11.7 Å². The van der Waals surface area contributed by atoms with Gasteiger partial charge in [0.05, 0.1) is 12.1 Å². The van der Waals surface area contributed by atoms with Gasteiger partial charge in [-0.25, -0.2) is 14.3 Å². The minimum Gasteiger partial charge on any atom is -0.474 e. The second-order valence-corrected chi connectivity index (χ2v) is 9.57. The first kappa shape index (κ1) is 23.9. The molecule has 6 rings (SSSR count). The van der Waals surface area contributed by atoms with Crippen LogP contribution in [0.2, 0.25) is 0 Å². The number of allylic oxidation sites excluding steroid dienone is 1. The van der Waals surface area contributed by atoms with Crippen LogP contribution in [-0.2, 0) is 13.6 Å². The van der Waals surface area contributed by atoms with Gasteiger partial charge in [0.15, 0.2) is 11.5 Å². The summed E-state index contributed by atoms with van der Waals surface area (Å²) >= 11 is 0. The van der Waals surface area contributed by atoms with E-state index in [2.05, 4.69) is 33.9 Å². The summed E-state index contributed by atoms with van der Waals surface area (Å²) in [6, 6.07) is 11.4. The van der Waals surface area contributed by atoms with Crippen molar-refractivity contribution in [2.75, 3.05) is 25.5 Å². The zero-order valence-electron chi connectivity index (χ0n) is 21.4. The van der Waals surface area contributed by atoms with Crippen LogP contribution in [0.1, 0.15) is 12.8 Å². The number of anilines is 2. The van der Waals surface area contributed by atoms with E-state index in [1.54, 1.807) is 26.3 Å². The van der Waals surface area contributed by atoms with Crippen LogP contribution in [0.3, 0.4) is 0 Å². The van der Waals surface area contributed by atoms with E-state index in [0.29, 0.717) is 28.7 Å². The van der Waals surface area contributed by atoms with Crippen molar-refractivity contribution in [2.24, 2.45) is 7.05 Å². The minimum absolute atomic E-state index is 0.111. The lowest BCUT2D eigenvalue weighted by atomic mass is 10.1. The van der Waals surface area contributed by atoms with E-state index in [-0.39, 0.29) is 18.2 Å². The second kappa shape index (κ2) is 9.75. The second-order valence-electron chi connectivity index (χ2n) is 9.57. The molecule has 38 heavy (non-hydrogen) atoms. The summed E-state index contributed by atoms with van der Waals surface area (Å²) in [6.45, 7) is 6.10. The average Bonchev–Trinajstić information content (AvgIpc) is 3.41. The Labute approximate surface area is 219 Å². The Kier molecular flexibility index (Phi) is 6.12. The van der Waals surface area contributed by atoms with Crippen LogP contribution in [-0.4, -0.2) is 65.2 Å². The molecule has 0 atom stereocenters. The summed E-state index contributed by atoms with van der Waals surface area (Å²) in [5.41, 5.74) is 1.88. The fourth-order valence-corrected chi connectivity index (χ4v) is 4.82. The normalized spacial score (nSPS) is 14.8. The SMILES string of the molecule is C=CCn1c(=O)c2cnc(Nc3ccc4cn(C)nc4c3)nc2n1-c1cccc(OC2CCN(C)CC2)n1. The number of rotatable bonds is 7. The number of aromatic nitrogens is 7. The number of pyridine rings is 1. The number of hydrogen-bond acceptors (Lipinski definition) is 8. The summed E-state index contributed by atoms with van der Waals surface area (Å²) in [6.07, 6.45) is 7.18. The van der Waals surface area contributed by atoms with Crippen LogP contribution < -0.4 is 15.6 Å². The molecule has 1 aliphatic heterocycles. The summed E-state index contributed by atoms with van der Waals surface area (Å²) in [4.78, 5) is 29.5. The molecule has 1 saturated heterocycles. The number of hydrogen-bond donors (Lipinski definition) is 1. The van der Waals surface area contributed by atoms with Crippen molar-refractivity contribution in [1.82, 2.24) is 39.0 Å². The van der Waals surface area contributed by atoms with Crippen molar-refractivity contribution >= 4 is 33.6 Å². The maximum atomic E-state index is 13.3. The van der Waals surface area contributed by atoms with Gasteiger partial charge in [0.2, 0.25) is 11.8 Å². The first-order valence-electron chi connectivity index (χ1n) is 12.6. The third-order valence-corrected chi connectivity index (χ3v) is 6.73. The highest BCUT2D eigenvalue weighted by Crippen LogP contribution is 2.23. The summed E-state index contributed by atoms with van der Waals surface area (Å²) in [5, 5.41) is 9.13. The highest BCUT2D eigenvalue weighted by Gasteiger charge is 2.21. The first-order chi connectivity index (χ1) is 18.5. The van der Waals surface area contributed by atoms with E-state index in [9.17, 15) is 4.79 Å². The number of aryl methyl sites for hydroxylation is 1. The van der Waals surface area contributed by atoms with Crippen LogP contribution in [0, 0.1) is 0 Å². The van der Waals surface area contributed by atoms with E-state index >= 15 is 0 Å². The van der Waals surface area contributed by atoms with Crippen LogP contribution in [0.15, 0.2) is 66.2 Å². The van der Waals surface area contributed by atoms with Gasteiger partial charge in [-0.2, -0.15) is 15.1 Å². The fourth-order valence-electron chi connectivity index (χ4n) is 4.82. The smallest absolute Gasteiger partial charge is 0.278 e. The van der Waals surface area contributed by atoms with Crippen LogP contribution in [0.4, 0.5) is 11.6 Å². The van der Waals surface area contributed by atoms with E-state index in [1.807, 2.05) is 49.6 Å². The number of ether oxygens (including phenoxy) is 1. The number of nitrogens with one attached hydrogen (secondary N) is 1. The molecule has 0 spiro atoms. The lowest BCUT2D eigenvalue weighted by molar-refractivity contribution is 0.110. The van der Waals surface area contributed by atoms with Gasteiger partial charge in [-0.1, -0.05) is 12.1 Å². The molecule has 0 saturated carbocycles. The Hall–Kier alpha value is -4.51. The Balaban J connectivity index is 1.38. The molecular formula is C27H29N9O2. The Morgan fingerprint density at radius 1 is 1.16 bits per heavy atom. The van der Waals surface area contributed by atoms with Crippen molar-refractivity contribution in [1.29, 1.82) is 0 Å². The highest BCUT2D eigenvalue weighted by atomic mass is 16.5. The monoisotopic (exact) mass is 511 g/mol. The van der Waals surface area contributed by atoms with E-state index in [0.717, 1.165) is 42.5 Å². The predicted molar refractivity (Wildman–Crippen MR) is 146 cm³/mol. The topological polar surface area (TPSA) is 108 Å². The molecule has 1 fully saturated rings. The molecule has 1 N–H and O–H groups in total. The van der Waals surface area contributed by atoms with E-state index in [1.165, 1.54) is 0 Å². The third-order valence-electron chi connectivity index (χ3n) is 6.73. The molecule has 0 radical (unpaired) electrons. The number of nitrogens with zero attached hydrogens (tertiary/aromatic N) is 8. The van der Waals surface area contributed by atoms with Gasteiger partial charge >= 0.3 is 0 Å². The number of likely N-dealkylation sites (tertiary alicyclic amines) is 1.